The lowest BCUT2D eigenvalue weighted by atomic mass is 10.0. The Bertz CT molecular complexity index is 979. The highest BCUT2D eigenvalue weighted by molar-refractivity contribution is 7.99. The van der Waals surface area contributed by atoms with Gasteiger partial charge in [0.25, 0.3) is 0 Å². The highest BCUT2D eigenvalue weighted by Crippen LogP contribution is 2.41. The van der Waals surface area contributed by atoms with Crippen LogP contribution in [0.3, 0.4) is 0 Å². The summed E-state index contributed by atoms with van der Waals surface area (Å²) in [6.07, 6.45) is 2.73. The van der Waals surface area contributed by atoms with E-state index in [1.807, 2.05) is 11.8 Å². The van der Waals surface area contributed by atoms with E-state index in [0.717, 1.165) is 22.0 Å². The summed E-state index contributed by atoms with van der Waals surface area (Å²) in [5.41, 5.74) is 3.89. The fraction of sp³-hybridized carbons (Fsp3) is 0.143. The first-order valence-electron chi connectivity index (χ1n) is 8.29. The Balaban J connectivity index is 1.67. The van der Waals surface area contributed by atoms with Crippen LogP contribution in [0.25, 0.3) is 21.3 Å². The Hall–Kier alpha value is -2.17. The van der Waals surface area contributed by atoms with Crippen LogP contribution in [0, 0.1) is 6.92 Å². The summed E-state index contributed by atoms with van der Waals surface area (Å²) in [6.45, 7) is 2.17. The lowest BCUT2D eigenvalue weighted by molar-refractivity contribution is 1.09. The van der Waals surface area contributed by atoms with Crippen LogP contribution in [-0.2, 0) is 6.42 Å². The highest BCUT2D eigenvalue weighted by atomic mass is 32.2. The second-order valence-corrected chi connectivity index (χ2v) is 8.13. The summed E-state index contributed by atoms with van der Waals surface area (Å²) in [5, 5.41) is 2.29. The molecule has 2 nitrogen and oxygen atoms in total. The lowest BCUT2D eigenvalue weighted by Gasteiger charge is -2.06. The van der Waals surface area contributed by atoms with E-state index in [9.17, 15) is 0 Å². The molecule has 2 aromatic heterocycles. The van der Waals surface area contributed by atoms with Crippen LogP contribution in [0.1, 0.15) is 10.4 Å². The van der Waals surface area contributed by atoms with Crippen molar-refractivity contribution in [3.05, 3.63) is 77.4 Å². The van der Waals surface area contributed by atoms with Crippen LogP contribution in [0.2, 0.25) is 0 Å². The normalized spacial score (nSPS) is 11.1. The molecule has 124 valence electrons. The molecule has 0 radical (unpaired) electrons. The predicted octanol–water partition coefficient (Wildman–Crippen LogP) is 6.00. The van der Waals surface area contributed by atoms with E-state index in [4.69, 9.17) is 0 Å². The zero-order valence-electron chi connectivity index (χ0n) is 14.0. The summed E-state index contributed by atoms with van der Waals surface area (Å²) in [7, 11) is 0. The molecule has 0 aliphatic rings. The number of nitrogens with zero attached hydrogens (tertiary/aromatic N) is 2. The molecule has 0 bridgehead atoms. The number of rotatable bonds is 5. The van der Waals surface area contributed by atoms with Crippen molar-refractivity contribution in [3.63, 3.8) is 0 Å². The lowest BCUT2D eigenvalue weighted by Crippen LogP contribution is -1.91. The molecule has 2 heterocycles. The molecule has 0 saturated carbocycles. The SMILES string of the molecule is Cc1sc2ncnc(SCCc3ccccc3)c2c1-c1ccccc1. The smallest absolute Gasteiger partial charge is 0.128 e. The molecule has 4 heteroatoms. The summed E-state index contributed by atoms with van der Waals surface area (Å²) in [5.74, 6) is 1.01. The second-order valence-electron chi connectivity index (χ2n) is 5.84. The van der Waals surface area contributed by atoms with E-state index in [1.165, 1.54) is 27.0 Å². The van der Waals surface area contributed by atoms with Crippen LogP contribution in [0.5, 0.6) is 0 Å². The zero-order valence-corrected chi connectivity index (χ0v) is 15.6. The second kappa shape index (κ2) is 7.38. The van der Waals surface area contributed by atoms with Gasteiger partial charge in [-0.15, -0.1) is 23.1 Å². The van der Waals surface area contributed by atoms with Crippen LogP contribution in [0.4, 0.5) is 0 Å². The third-order valence-corrected chi connectivity index (χ3v) is 6.17. The first-order valence-corrected chi connectivity index (χ1v) is 10.1. The van der Waals surface area contributed by atoms with Gasteiger partial charge in [0, 0.05) is 16.2 Å². The number of hydrogen-bond donors (Lipinski definition) is 0. The van der Waals surface area contributed by atoms with Gasteiger partial charge >= 0.3 is 0 Å². The molecule has 2 aromatic carbocycles. The third kappa shape index (κ3) is 3.46. The first kappa shape index (κ1) is 16.3. The van der Waals surface area contributed by atoms with E-state index in [2.05, 4.69) is 77.6 Å². The van der Waals surface area contributed by atoms with Crippen LogP contribution < -0.4 is 0 Å². The molecule has 0 amide bonds. The number of aryl methyl sites for hydroxylation is 2. The molecule has 0 unspecified atom stereocenters. The molecule has 0 saturated heterocycles. The minimum atomic E-state index is 1.01. The minimum Gasteiger partial charge on any atom is -0.229 e. The molecular weight excluding hydrogens is 344 g/mol. The van der Waals surface area contributed by atoms with Gasteiger partial charge in [0.1, 0.15) is 16.2 Å². The Morgan fingerprint density at radius 3 is 2.40 bits per heavy atom. The molecule has 0 atom stereocenters. The monoisotopic (exact) mass is 362 g/mol. The van der Waals surface area contributed by atoms with Crippen molar-refractivity contribution in [2.75, 3.05) is 5.75 Å². The molecule has 0 fully saturated rings. The van der Waals surface area contributed by atoms with Crippen molar-refractivity contribution in [3.8, 4) is 11.1 Å². The van der Waals surface area contributed by atoms with Crippen molar-refractivity contribution in [2.45, 2.75) is 18.4 Å². The predicted molar refractivity (Wildman–Crippen MR) is 108 cm³/mol. The van der Waals surface area contributed by atoms with Crippen LogP contribution in [-0.4, -0.2) is 15.7 Å². The zero-order chi connectivity index (χ0) is 17.1. The Labute approximate surface area is 156 Å². The number of thioether (sulfide) groups is 1. The van der Waals surface area contributed by atoms with Crippen molar-refractivity contribution in [1.82, 2.24) is 9.97 Å². The van der Waals surface area contributed by atoms with Crippen molar-refractivity contribution < 1.29 is 0 Å². The van der Waals surface area contributed by atoms with Crippen molar-refractivity contribution >= 4 is 33.3 Å². The summed E-state index contributed by atoms with van der Waals surface area (Å²) < 4.78 is 0. The quantitative estimate of drug-likeness (QED) is 0.321. The molecule has 0 aliphatic carbocycles. The van der Waals surface area contributed by atoms with Crippen molar-refractivity contribution in [1.29, 1.82) is 0 Å². The maximum atomic E-state index is 4.60. The van der Waals surface area contributed by atoms with Crippen LogP contribution in [0.15, 0.2) is 72.0 Å². The molecule has 4 rings (SSSR count). The highest BCUT2D eigenvalue weighted by Gasteiger charge is 2.16. The Morgan fingerprint density at radius 2 is 1.64 bits per heavy atom. The third-order valence-electron chi connectivity index (χ3n) is 4.16. The first-order chi connectivity index (χ1) is 12.3. The summed E-state index contributed by atoms with van der Waals surface area (Å²) in [4.78, 5) is 11.5. The number of benzene rings is 2. The van der Waals surface area contributed by atoms with E-state index in [0.29, 0.717) is 0 Å². The average molecular weight is 363 g/mol. The van der Waals surface area contributed by atoms with Gasteiger partial charge in [-0.25, -0.2) is 9.97 Å². The number of thiophene rings is 1. The fourth-order valence-corrected chi connectivity index (χ4v) is 5.06. The largest absolute Gasteiger partial charge is 0.229 e. The molecule has 0 N–H and O–H groups in total. The van der Waals surface area contributed by atoms with Gasteiger partial charge in [0.15, 0.2) is 0 Å². The van der Waals surface area contributed by atoms with E-state index in [1.54, 1.807) is 17.7 Å². The van der Waals surface area contributed by atoms with Crippen LogP contribution >= 0.6 is 23.1 Å². The van der Waals surface area contributed by atoms with Gasteiger partial charge in [0.05, 0.1) is 5.39 Å². The van der Waals surface area contributed by atoms with E-state index in [-0.39, 0.29) is 0 Å². The molecule has 0 spiro atoms. The van der Waals surface area contributed by atoms with Gasteiger partial charge in [-0.3, -0.25) is 0 Å². The Kier molecular flexibility index (Phi) is 4.81. The molecule has 0 aliphatic heterocycles. The van der Waals surface area contributed by atoms with Crippen molar-refractivity contribution in [2.24, 2.45) is 0 Å². The van der Waals surface area contributed by atoms with Gasteiger partial charge in [-0.1, -0.05) is 60.7 Å². The fourth-order valence-electron chi connectivity index (χ4n) is 2.99. The van der Waals surface area contributed by atoms with Gasteiger partial charge in [0.2, 0.25) is 0 Å². The topological polar surface area (TPSA) is 25.8 Å². The van der Waals surface area contributed by atoms with Gasteiger partial charge in [-0.2, -0.15) is 0 Å². The summed E-state index contributed by atoms with van der Waals surface area (Å²) in [6, 6.07) is 21.2. The number of aromatic nitrogens is 2. The summed E-state index contributed by atoms with van der Waals surface area (Å²) >= 11 is 3.58. The van der Waals surface area contributed by atoms with E-state index >= 15 is 0 Å². The maximum absolute atomic E-state index is 4.60. The van der Waals surface area contributed by atoms with Gasteiger partial charge in [-0.05, 0) is 24.5 Å². The molecular formula is C21H18N2S2. The number of fused-ring (bicyclic) bond motifs is 1. The maximum Gasteiger partial charge on any atom is 0.128 e. The standard InChI is InChI=1S/C21H18N2S2/c1-15-18(17-10-6-3-7-11-17)19-20(22-14-23-21(19)25-15)24-13-12-16-8-4-2-5-9-16/h2-11,14H,12-13H2,1H3. The minimum absolute atomic E-state index is 1.01. The molecule has 25 heavy (non-hydrogen) atoms. The molecule has 4 aromatic rings. The average Bonchev–Trinajstić information content (AvgIpc) is 3.00. The van der Waals surface area contributed by atoms with E-state index < -0.39 is 0 Å². The van der Waals surface area contributed by atoms with Gasteiger partial charge < -0.3 is 0 Å². The number of hydrogen-bond acceptors (Lipinski definition) is 4. The Morgan fingerprint density at radius 1 is 0.920 bits per heavy atom.